The van der Waals surface area contributed by atoms with Crippen LogP contribution in [-0.2, 0) is 20.0 Å². The minimum absolute atomic E-state index is 0.733. The average Bonchev–Trinajstić information content (AvgIpc) is 3.19. The van der Waals surface area contributed by atoms with Crippen molar-refractivity contribution in [2.45, 2.75) is 13.0 Å². The molecule has 0 atom stereocenters. The van der Waals surface area contributed by atoms with Gasteiger partial charge < -0.3 is 18.6 Å². The molecular formula is C17H18N4O2. The Labute approximate surface area is 134 Å². The van der Waals surface area contributed by atoms with E-state index in [-0.39, 0.29) is 0 Å². The van der Waals surface area contributed by atoms with Gasteiger partial charge in [0.2, 0.25) is 0 Å². The zero-order valence-electron chi connectivity index (χ0n) is 13.4. The first-order valence-electron chi connectivity index (χ1n) is 7.50. The molecule has 3 aromatic rings. The molecule has 0 N–H and O–H groups in total. The Morgan fingerprint density at radius 3 is 2.57 bits per heavy atom. The molecule has 0 fully saturated rings. The van der Waals surface area contributed by atoms with Crippen molar-refractivity contribution in [3.8, 4) is 34.1 Å². The molecule has 0 saturated heterocycles. The van der Waals surface area contributed by atoms with Crippen LogP contribution in [0.4, 0.5) is 0 Å². The summed E-state index contributed by atoms with van der Waals surface area (Å²) >= 11 is 0. The van der Waals surface area contributed by atoms with E-state index in [0.717, 1.165) is 47.1 Å². The van der Waals surface area contributed by atoms with Gasteiger partial charge in [-0.25, -0.2) is 9.97 Å². The van der Waals surface area contributed by atoms with E-state index in [1.165, 1.54) is 5.56 Å². The predicted octanol–water partition coefficient (Wildman–Crippen LogP) is 2.52. The summed E-state index contributed by atoms with van der Waals surface area (Å²) in [6, 6.07) is 4.11. The highest BCUT2D eigenvalue weighted by atomic mass is 16.5. The molecule has 0 unspecified atom stereocenters. The predicted molar refractivity (Wildman–Crippen MR) is 86.7 cm³/mol. The minimum atomic E-state index is 0.733. The van der Waals surface area contributed by atoms with Crippen LogP contribution < -0.4 is 9.47 Å². The lowest BCUT2D eigenvalue weighted by Crippen LogP contribution is -2.11. The Kier molecular flexibility index (Phi) is 3.11. The maximum Gasteiger partial charge on any atom is 0.161 e. The van der Waals surface area contributed by atoms with Crippen molar-refractivity contribution >= 4 is 0 Å². The van der Waals surface area contributed by atoms with Gasteiger partial charge in [0.15, 0.2) is 11.5 Å². The molecule has 1 aromatic carbocycles. The molecule has 0 amide bonds. The standard InChI is InChI=1S/C17H18N4O2/c1-20-9-18-8-13(20)16-17-12-7-15(23-3)14(22-2)6-11(12)4-5-21(17)10-19-16/h6-10H,4-5H2,1-3H3. The van der Waals surface area contributed by atoms with Gasteiger partial charge in [-0.05, 0) is 24.1 Å². The molecule has 1 aliphatic rings. The quantitative estimate of drug-likeness (QED) is 0.746. The number of hydrogen-bond donors (Lipinski definition) is 0. The Morgan fingerprint density at radius 2 is 1.87 bits per heavy atom. The molecule has 0 saturated carbocycles. The second-order valence-electron chi connectivity index (χ2n) is 5.64. The lowest BCUT2D eigenvalue weighted by molar-refractivity contribution is 0.354. The van der Waals surface area contributed by atoms with E-state index < -0.39 is 0 Å². The van der Waals surface area contributed by atoms with E-state index in [1.54, 1.807) is 20.5 Å². The highest BCUT2D eigenvalue weighted by Gasteiger charge is 2.25. The van der Waals surface area contributed by atoms with Gasteiger partial charge in [-0.15, -0.1) is 0 Å². The van der Waals surface area contributed by atoms with Gasteiger partial charge in [-0.2, -0.15) is 0 Å². The second-order valence-corrected chi connectivity index (χ2v) is 5.64. The summed E-state index contributed by atoms with van der Waals surface area (Å²) in [6.07, 6.45) is 6.48. The summed E-state index contributed by atoms with van der Waals surface area (Å²) in [4.78, 5) is 8.84. The Balaban J connectivity index is 1.95. The van der Waals surface area contributed by atoms with Crippen molar-refractivity contribution in [1.29, 1.82) is 0 Å². The van der Waals surface area contributed by atoms with Crippen molar-refractivity contribution in [2.75, 3.05) is 14.2 Å². The van der Waals surface area contributed by atoms with E-state index in [9.17, 15) is 0 Å². The molecule has 118 valence electrons. The highest BCUT2D eigenvalue weighted by Crippen LogP contribution is 2.41. The van der Waals surface area contributed by atoms with Gasteiger partial charge in [0.1, 0.15) is 5.69 Å². The zero-order chi connectivity index (χ0) is 16.0. The average molecular weight is 310 g/mol. The molecule has 0 aliphatic carbocycles. The number of fused-ring (bicyclic) bond motifs is 3. The molecule has 0 bridgehead atoms. The number of rotatable bonds is 3. The van der Waals surface area contributed by atoms with Gasteiger partial charge in [-0.3, -0.25) is 0 Å². The first-order chi connectivity index (χ1) is 11.2. The Bertz CT molecular complexity index is 879. The number of methoxy groups -OCH3 is 2. The van der Waals surface area contributed by atoms with Crippen LogP contribution in [0.5, 0.6) is 11.5 Å². The first kappa shape index (κ1) is 13.9. The minimum Gasteiger partial charge on any atom is -0.493 e. The summed E-state index contributed by atoms with van der Waals surface area (Å²) in [7, 11) is 5.30. The fourth-order valence-electron chi connectivity index (χ4n) is 3.20. The van der Waals surface area contributed by atoms with E-state index in [0.29, 0.717) is 0 Å². The lowest BCUT2D eigenvalue weighted by atomic mass is 9.95. The van der Waals surface area contributed by atoms with Crippen LogP contribution >= 0.6 is 0 Å². The Morgan fingerprint density at radius 1 is 1.09 bits per heavy atom. The summed E-state index contributed by atoms with van der Waals surface area (Å²) in [5.41, 5.74) is 5.44. The molecule has 23 heavy (non-hydrogen) atoms. The third-order valence-electron chi connectivity index (χ3n) is 4.38. The van der Waals surface area contributed by atoms with Crippen LogP contribution in [0.15, 0.2) is 31.0 Å². The van der Waals surface area contributed by atoms with E-state index >= 15 is 0 Å². The molecule has 6 heteroatoms. The van der Waals surface area contributed by atoms with Crippen molar-refractivity contribution in [3.63, 3.8) is 0 Å². The topological polar surface area (TPSA) is 54.1 Å². The fraction of sp³-hybridized carbons (Fsp3) is 0.294. The number of benzene rings is 1. The number of hydrogen-bond acceptors (Lipinski definition) is 4. The number of nitrogens with zero attached hydrogens (tertiary/aromatic N) is 4. The number of imidazole rings is 2. The van der Waals surface area contributed by atoms with Gasteiger partial charge in [0.05, 0.1) is 44.5 Å². The molecule has 0 radical (unpaired) electrons. The summed E-state index contributed by atoms with van der Waals surface area (Å²) in [6.45, 7) is 0.905. The molecule has 0 spiro atoms. The zero-order valence-corrected chi connectivity index (χ0v) is 13.4. The van der Waals surface area contributed by atoms with Crippen LogP contribution in [0.2, 0.25) is 0 Å². The second kappa shape index (κ2) is 5.15. The van der Waals surface area contributed by atoms with Gasteiger partial charge >= 0.3 is 0 Å². The molecule has 4 rings (SSSR count). The maximum absolute atomic E-state index is 5.48. The van der Waals surface area contributed by atoms with E-state index in [1.807, 2.05) is 30.2 Å². The lowest BCUT2D eigenvalue weighted by Gasteiger charge is -2.22. The number of ether oxygens (including phenoxy) is 2. The third kappa shape index (κ3) is 2.02. The van der Waals surface area contributed by atoms with Crippen molar-refractivity contribution < 1.29 is 9.47 Å². The molecule has 3 heterocycles. The highest BCUT2D eigenvalue weighted by molar-refractivity contribution is 5.81. The van der Waals surface area contributed by atoms with E-state index in [2.05, 4.69) is 20.6 Å². The van der Waals surface area contributed by atoms with Gasteiger partial charge in [0, 0.05) is 19.2 Å². The smallest absolute Gasteiger partial charge is 0.161 e. The van der Waals surface area contributed by atoms with Gasteiger partial charge in [0.25, 0.3) is 0 Å². The van der Waals surface area contributed by atoms with Crippen LogP contribution in [0, 0.1) is 0 Å². The van der Waals surface area contributed by atoms with Gasteiger partial charge in [-0.1, -0.05) is 0 Å². The van der Waals surface area contributed by atoms with Crippen LogP contribution in [-0.4, -0.2) is 33.3 Å². The third-order valence-corrected chi connectivity index (χ3v) is 4.38. The van der Waals surface area contributed by atoms with Crippen LogP contribution in [0.1, 0.15) is 5.56 Å². The molecule has 1 aliphatic heterocycles. The normalized spacial score (nSPS) is 12.7. The molecule has 2 aromatic heterocycles. The number of aryl methyl sites for hydroxylation is 3. The molecular weight excluding hydrogens is 292 g/mol. The number of aromatic nitrogens is 4. The first-order valence-corrected chi connectivity index (χ1v) is 7.50. The summed E-state index contributed by atoms with van der Waals surface area (Å²) in [5, 5.41) is 0. The Hall–Kier alpha value is -2.76. The van der Waals surface area contributed by atoms with Crippen molar-refractivity contribution in [1.82, 2.24) is 19.1 Å². The van der Waals surface area contributed by atoms with Crippen molar-refractivity contribution in [2.24, 2.45) is 7.05 Å². The van der Waals surface area contributed by atoms with Crippen LogP contribution in [0.25, 0.3) is 22.6 Å². The van der Waals surface area contributed by atoms with Crippen molar-refractivity contribution in [3.05, 3.63) is 36.5 Å². The van der Waals surface area contributed by atoms with Crippen LogP contribution in [0.3, 0.4) is 0 Å². The SMILES string of the molecule is COc1cc2c(cc1OC)-c1c(-c3cncn3C)ncn1CC2. The fourth-order valence-corrected chi connectivity index (χ4v) is 3.20. The maximum atomic E-state index is 5.48. The largest absolute Gasteiger partial charge is 0.493 e. The molecule has 6 nitrogen and oxygen atoms in total. The van der Waals surface area contributed by atoms with E-state index in [4.69, 9.17) is 9.47 Å². The monoisotopic (exact) mass is 310 g/mol. The summed E-state index contributed by atoms with van der Waals surface area (Å²) < 4.78 is 15.1. The summed E-state index contributed by atoms with van der Waals surface area (Å²) in [5.74, 6) is 1.50.